The minimum Gasteiger partial charge on any atom is -0.481 e. The highest BCUT2D eigenvalue weighted by molar-refractivity contribution is 5.66. The lowest BCUT2D eigenvalue weighted by Crippen LogP contribution is -2.43. The molecule has 1 fully saturated rings. The molecule has 1 heterocycles. The lowest BCUT2D eigenvalue weighted by atomic mass is 10.1. The Morgan fingerprint density at radius 3 is 1.86 bits per heavy atom. The number of aliphatic carboxylic acids is 1. The van der Waals surface area contributed by atoms with Crippen LogP contribution >= 0.6 is 0 Å². The fourth-order valence-corrected chi connectivity index (χ4v) is 3.50. The summed E-state index contributed by atoms with van der Waals surface area (Å²) in [6.45, 7) is 6.72. The van der Waals surface area contributed by atoms with E-state index in [0.717, 1.165) is 39.0 Å². The summed E-state index contributed by atoms with van der Waals surface area (Å²) in [4.78, 5) is 12.7. The van der Waals surface area contributed by atoms with E-state index in [1.54, 1.807) is 0 Å². The van der Waals surface area contributed by atoms with E-state index in [4.69, 9.17) is 5.11 Å². The molecule has 2 rings (SSSR count). The number of piperazine rings is 1. The smallest absolute Gasteiger partial charge is 0.303 e. The van der Waals surface area contributed by atoms with Crippen molar-refractivity contribution in [3.05, 3.63) is 30.3 Å². The largest absolute Gasteiger partial charge is 0.481 e. The molecule has 0 spiro atoms. The van der Waals surface area contributed by atoms with Gasteiger partial charge in [0.1, 0.15) is 0 Å². The second-order valence-corrected chi connectivity index (χ2v) is 7.75. The van der Waals surface area contributed by atoms with Gasteiger partial charge in [-0.3, -0.25) is 4.79 Å². The quantitative estimate of drug-likeness (QED) is 0.414. The number of para-hydroxylation sites is 1. The summed E-state index contributed by atoms with van der Waals surface area (Å²) in [6.07, 6.45) is 14.4. The van der Waals surface area contributed by atoms with Crippen molar-refractivity contribution in [2.24, 2.45) is 0 Å². The summed E-state index contributed by atoms with van der Waals surface area (Å²) < 4.78 is 0. The topological polar surface area (TPSA) is 52.6 Å². The van der Waals surface area contributed by atoms with Crippen molar-refractivity contribution >= 4 is 11.7 Å². The number of carboxylic acids is 1. The molecule has 0 amide bonds. The van der Waals surface area contributed by atoms with Crippen LogP contribution in [0.3, 0.4) is 0 Å². The van der Waals surface area contributed by atoms with E-state index in [2.05, 4.69) is 47.5 Å². The normalized spacial score (nSPS) is 13.7. The molecule has 0 saturated carbocycles. The Morgan fingerprint density at radius 1 is 0.857 bits per heavy atom. The Morgan fingerprint density at radius 2 is 1.36 bits per heavy atom. The molecule has 0 radical (unpaired) electrons. The van der Waals surface area contributed by atoms with Crippen molar-refractivity contribution in [2.75, 3.05) is 31.1 Å². The Kier molecular flexibility index (Phi) is 15.3. The minimum absolute atomic E-state index is 0.344. The Bertz CT molecular complexity index is 473. The highest BCUT2D eigenvalue weighted by Crippen LogP contribution is 2.13. The predicted molar refractivity (Wildman–Crippen MR) is 120 cm³/mol. The number of hydrogen-bond donors (Lipinski definition) is 2. The summed E-state index contributed by atoms with van der Waals surface area (Å²) in [6, 6.07) is 10.6. The third kappa shape index (κ3) is 13.6. The van der Waals surface area contributed by atoms with Gasteiger partial charge in [0.25, 0.3) is 0 Å². The van der Waals surface area contributed by atoms with Crippen LogP contribution in [0.25, 0.3) is 0 Å². The zero-order chi connectivity index (χ0) is 20.3. The van der Waals surface area contributed by atoms with Crippen LogP contribution in [-0.4, -0.2) is 37.3 Å². The van der Waals surface area contributed by atoms with E-state index in [1.165, 1.54) is 63.5 Å². The van der Waals surface area contributed by atoms with Gasteiger partial charge >= 0.3 is 5.97 Å². The molecule has 1 aliphatic heterocycles. The summed E-state index contributed by atoms with van der Waals surface area (Å²) >= 11 is 0. The molecule has 4 nitrogen and oxygen atoms in total. The van der Waals surface area contributed by atoms with Gasteiger partial charge in [-0.2, -0.15) is 0 Å². The number of nitrogens with zero attached hydrogens (tertiary/aromatic N) is 1. The third-order valence-electron chi connectivity index (χ3n) is 5.23. The molecule has 160 valence electrons. The van der Waals surface area contributed by atoms with Gasteiger partial charge in [0, 0.05) is 38.3 Å². The number of hydrogen-bond acceptors (Lipinski definition) is 3. The number of carbonyl (C=O) groups is 1. The van der Waals surface area contributed by atoms with E-state index in [9.17, 15) is 4.79 Å². The van der Waals surface area contributed by atoms with Gasteiger partial charge in [0.15, 0.2) is 0 Å². The Hall–Kier alpha value is -1.55. The molecular weight excluding hydrogens is 348 g/mol. The second-order valence-electron chi connectivity index (χ2n) is 7.75. The molecule has 1 aromatic rings. The third-order valence-corrected chi connectivity index (χ3v) is 5.23. The molecule has 1 saturated heterocycles. The first kappa shape index (κ1) is 24.5. The van der Waals surface area contributed by atoms with E-state index in [1.807, 2.05) is 0 Å². The summed E-state index contributed by atoms with van der Waals surface area (Å²) in [5.74, 6) is -0.657. The van der Waals surface area contributed by atoms with Gasteiger partial charge < -0.3 is 15.3 Å². The van der Waals surface area contributed by atoms with Crippen molar-refractivity contribution in [1.29, 1.82) is 0 Å². The Balaban J connectivity index is 0.000000289. The van der Waals surface area contributed by atoms with Crippen molar-refractivity contribution in [2.45, 2.75) is 84.0 Å². The average molecular weight is 391 g/mol. The summed E-state index contributed by atoms with van der Waals surface area (Å²) in [7, 11) is 0. The molecule has 1 aliphatic rings. The maximum Gasteiger partial charge on any atom is 0.303 e. The van der Waals surface area contributed by atoms with E-state index in [0.29, 0.717) is 6.42 Å². The molecule has 28 heavy (non-hydrogen) atoms. The monoisotopic (exact) mass is 390 g/mol. The molecule has 2 N–H and O–H groups in total. The van der Waals surface area contributed by atoms with Gasteiger partial charge in [0.2, 0.25) is 0 Å². The van der Waals surface area contributed by atoms with Crippen LogP contribution in [0, 0.1) is 0 Å². The molecule has 0 bridgehead atoms. The number of rotatable bonds is 13. The molecule has 4 heteroatoms. The molecule has 0 aliphatic carbocycles. The summed E-state index contributed by atoms with van der Waals surface area (Å²) in [5.41, 5.74) is 1.35. The first-order valence-electron chi connectivity index (χ1n) is 11.5. The van der Waals surface area contributed by atoms with Crippen LogP contribution in [-0.2, 0) is 4.79 Å². The fraction of sp³-hybridized carbons (Fsp3) is 0.708. The maximum absolute atomic E-state index is 10.3. The van der Waals surface area contributed by atoms with Crippen molar-refractivity contribution in [3.8, 4) is 0 Å². The number of unbranched alkanes of at least 4 members (excludes halogenated alkanes) is 10. The minimum atomic E-state index is -0.657. The van der Waals surface area contributed by atoms with Crippen molar-refractivity contribution < 1.29 is 9.90 Å². The second kappa shape index (κ2) is 17.5. The number of carboxylic acid groups (broad SMARTS) is 1. The van der Waals surface area contributed by atoms with E-state index >= 15 is 0 Å². The van der Waals surface area contributed by atoms with Gasteiger partial charge in [-0.05, 0) is 18.6 Å². The standard InChI is InChI=1S/C14H28O2.C10H14N2/c1-2-3-4-5-6-7-8-9-10-11-12-13-14(15)16;1-2-4-10(5-3-1)12-8-6-11-7-9-12/h2-13H2,1H3,(H,15,16);1-5,11H,6-9H2. The van der Waals surface area contributed by atoms with Gasteiger partial charge in [-0.15, -0.1) is 0 Å². The molecule has 1 aromatic carbocycles. The van der Waals surface area contributed by atoms with Crippen LogP contribution in [0.4, 0.5) is 5.69 Å². The fourth-order valence-electron chi connectivity index (χ4n) is 3.50. The molecule has 0 atom stereocenters. The first-order chi connectivity index (χ1) is 13.7. The van der Waals surface area contributed by atoms with Gasteiger partial charge in [-0.1, -0.05) is 89.3 Å². The zero-order valence-corrected chi connectivity index (χ0v) is 18.0. The summed E-state index contributed by atoms with van der Waals surface area (Å²) in [5, 5.41) is 11.8. The Labute approximate surface area is 172 Å². The lowest BCUT2D eigenvalue weighted by Gasteiger charge is -2.29. The highest BCUT2D eigenvalue weighted by Gasteiger charge is 2.08. The van der Waals surface area contributed by atoms with Crippen LogP contribution in [0.1, 0.15) is 84.0 Å². The van der Waals surface area contributed by atoms with Gasteiger partial charge in [-0.25, -0.2) is 0 Å². The number of benzene rings is 1. The van der Waals surface area contributed by atoms with Crippen molar-refractivity contribution in [3.63, 3.8) is 0 Å². The van der Waals surface area contributed by atoms with E-state index in [-0.39, 0.29) is 0 Å². The van der Waals surface area contributed by atoms with Crippen LogP contribution in [0.2, 0.25) is 0 Å². The maximum atomic E-state index is 10.3. The highest BCUT2D eigenvalue weighted by atomic mass is 16.4. The van der Waals surface area contributed by atoms with Crippen LogP contribution in [0.5, 0.6) is 0 Å². The SMILES string of the molecule is CCCCCCCCCCCCCC(=O)O.c1ccc(N2CCNCC2)cc1. The molecule has 0 unspecified atom stereocenters. The lowest BCUT2D eigenvalue weighted by molar-refractivity contribution is -0.137. The van der Waals surface area contributed by atoms with Crippen LogP contribution < -0.4 is 10.2 Å². The zero-order valence-electron chi connectivity index (χ0n) is 18.0. The molecular formula is C24H42N2O2. The van der Waals surface area contributed by atoms with Crippen LogP contribution in [0.15, 0.2) is 30.3 Å². The number of nitrogens with one attached hydrogen (secondary N) is 1. The predicted octanol–water partition coefficient (Wildman–Crippen LogP) is 5.87. The van der Waals surface area contributed by atoms with Gasteiger partial charge in [0.05, 0.1) is 0 Å². The van der Waals surface area contributed by atoms with E-state index < -0.39 is 5.97 Å². The molecule has 0 aromatic heterocycles. The average Bonchev–Trinajstić information content (AvgIpc) is 2.73. The van der Waals surface area contributed by atoms with Crippen molar-refractivity contribution in [1.82, 2.24) is 5.32 Å². The first-order valence-corrected chi connectivity index (χ1v) is 11.5. The number of anilines is 1.